The fraction of sp³-hybridized carbons (Fsp3) is 0.905. The summed E-state index contributed by atoms with van der Waals surface area (Å²) in [5.74, 6) is 0.744. The van der Waals surface area contributed by atoms with Crippen molar-refractivity contribution in [3.8, 4) is 0 Å². The van der Waals surface area contributed by atoms with Crippen LogP contribution in [0.1, 0.15) is 74.1 Å². The Morgan fingerprint density at radius 1 is 0.750 bits per heavy atom. The molecule has 2 aliphatic rings. The van der Waals surface area contributed by atoms with Gasteiger partial charge in [-0.3, -0.25) is 0 Å². The van der Waals surface area contributed by atoms with Gasteiger partial charge in [-0.25, -0.2) is 9.59 Å². The van der Waals surface area contributed by atoms with Crippen LogP contribution in [0.15, 0.2) is 0 Å². The average molecular weight is 400 g/mol. The predicted molar refractivity (Wildman–Crippen MR) is 111 cm³/mol. The highest BCUT2D eigenvalue weighted by Gasteiger charge is 2.26. The average Bonchev–Trinajstić information content (AvgIpc) is 2.53. The number of piperidine rings is 2. The quantitative estimate of drug-likeness (QED) is 0.665. The molecule has 2 N–H and O–H groups in total. The summed E-state index contributed by atoms with van der Waals surface area (Å²) in [5.41, 5.74) is 4.96. The molecule has 0 saturated carbocycles. The van der Waals surface area contributed by atoms with Crippen LogP contribution in [0.4, 0.5) is 9.59 Å². The van der Waals surface area contributed by atoms with Gasteiger partial charge in [-0.1, -0.05) is 6.92 Å². The van der Waals surface area contributed by atoms with E-state index >= 15 is 0 Å². The summed E-state index contributed by atoms with van der Waals surface area (Å²) in [6, 6.07) is 0.244. The zero-order valence-corrected chi connectivity index (χ0v) is 18.9. The highest BCUT2D eigenvalue weighted by molar-refractivity contribution is 5.68. The molecule has 0 aromatic rings. The molecular weight excluding hydrogens is 358 g/mol. The molecule has 164 valence electrons. The minimum atomic E-state index is -0.406. The van der Waals surface area contributed by atoms with Crippen LogP contribution in [0.25, 0.3) is 0 Å². The third-order valence-corrected chi connectivity index (χ3v) is 4.63. The van der Waals surface area contributed by atoms with Gasteiger partial charge in [0.25, 0.3) is 0 Å². The van der Waals surface area contributed by atoms with E-state index in [0.717, 1.165) is 57.8 Å². The van der Waals surface area contributed by atoms with E-state index in [1.165, 1.54) is 0 Å². The summed E-state index contributed by atoms with van der Waals surface area (Å²) in [6.07, 6.45) is 3.56. The summed E-state index contributed by atoms with van der Waals surface area (Å²) in [7, 11) is 0. The summed E-state index contributed by atoms with van der Waals surface area (Å²) in [6.45, 7) is 16.7. The monoisotopic (exact) mass is 399 g/mol. The molecule has 2 amide bonds. The maximum absolute atomic E-state index is 11.6. The first kappa shape index (κ1) is 24.5. The normalized spacial score (nSPS) is 19.6. The SMILES string of the molecule is CC(C)(C)OC(=O)N1CCC(N)CC1.CC1CCN(C(=O)OC(C)(C)C)CC1. The molecule has 0 unspecified atom stereocenters. The van der Waals surface area contributed by atoms with Crippen LogP contribution in [0.2, 0.25) is 0 Å². The van der Waals surface area contributed by atoms with Crippen molar-refractivity contribution in [1.82, 2.24) is 9.80 Å². The van der Waals surface area contributed by atoms with E-state index in [4.69, 9.17) is 15.2 Å². The lowest BCUT2D eigenvalue weighted by molar-refractivity contribution is 0.0185. The molecule has 7 nitrogen and oxygen atoms in total. The molecule has 2 aliphatic heterocycles. The van der Waals surface area contributed by atoms with Crippen molar-refractivity contribution in [3.05, 3.63) is 0 Å². The fourth-order valence-electron chi connectivity index (χ4n) is 2.93. The van der Waals surface area contributed by atoms with Gasteiger partial charge in [-0.2, -0.15) is 0 Å². The van der Waals surface area contributed by atoms with Crippen LogP contribution in [0.3, 0.4) is 0 Å². The Balaban J connectivity index is 0.000000280. The molecule has 2 saturated heterocycles. The summed E-state index contributed by atoms with van der Waals surface area (Å²) < 4.78 is 10.6. The van der Waals surface area contributed by atoms with Crippen molar-refractivity contribution in [2.45, 2.75) is 91.4 Å². The van der Waals surface area contributed by atoms with E-state index in [2.05, 4.69) is 6.92 Å². The van der Waals surface area contributed by atoms with Gasteiger partial charge in [0.2, 0.25) is 0 Å². The third-order valence-electron chi connectivity index (χ3n) is 4.63. The molecule has 0 bridgehead atoms. The standard InChI is InChI=1S/C11H21NO2.C10H20N2O2/c1-9-5-7-12(8-6-9)10(13)14-11(2,3)4;1-10(2,3)14-9(13)12-6-4-8(11)5-7-12/h9H,5-8H2,1-4H3;8H,4-7,11H2,1-3H3. The third kappa shape index (κ3) is 10.2. The van der Waals surface area contributed by atoms with Crippen molar-refractivity contribution < 1.29 is 19.1 Å². The largest absolute Gasteiger partial charge is 0.444 e. The van der Waals surface area contributed by atoms with Crippen LogP contribution in [0, 0.1) is 5.92 Å². The van der Waals surface area contributed by atoms with Crippen LogP contribution < -0.4 is 5.73 Å². The van der Waals surface area contributed by atoms with Gasteiger partial charge in [-0.15, -0.1) is 0 Å². The Labute approximate surface area is 170 Å². The second kappa shape index (κ2) is 10.3. The van der Waals surface area contributed by atoms with Gasteiger partial charge < -0.3 is 25.0 Å². The molecule has 2 heterocycles. The Morgan fingerprint density at radius 3 is 1.39 bits per heavy atom. The van der Waals surface area contributed by atoms with Crippen molar-refractivity contribution in [3.63, 3.8) is 0 Å². The van der Waals surface area contributed by atoms with Gasteiger partial charge in [0.05, 0.1) is 0 Å². The van der Waals surface area contributed by atoms with Gasteiger partial charge in [0.15, 0.2) is 0 Å². The number of carbonyl (C=O) groups is 2. The van der Waals surface area contributed by atoms with Crippen molar-refractivity contribution in [1.29, 1.82) is 0 Å². The Hall–Kier alpha value is -1.50. The summed E-state index contributed by atoms with van der Waals surface area (Å²) in [4.78, 5) is 26.7. The highest BCUT2D eigenvalue weighted by atomic mass is 16.6. The number of hydrogen-bond donors (Lipinski definition) is 1. The molecule has 0 aromatic carbocycles. The topological polar surface area (TPSA) is 85.1 Å². The second-order valence-corrected chi connectivity index (χ2v) is 9.95. The molecule has 0 aromatic heterocycles. The smallest absolute Gasteiger partial charge is 0.410 e. The number of carbonyl (C=O) groups excluding carboxylic acids is 2. The predicted octanol–water partition coefficient (Wildman–Crippen LogP) is 4.00. The zero-order chi connectivity index (χ0) is 21.5. The Morgan fingerprint density at radius 2 is 1.07 bits per heavy atom. The van der Waals surface area contributed by atoms with E-state index in [0.29, 0.717) is 0 Å². The minimum Gasteiger partial charge on any atom is -0.444 e. The van der Waals surface area contributed by atoms with E-state index in [9.17, 15) is 9.59 Å². The van der Waals surface area contributed by atoms with Crippen molar-refractivity contribution >= 4 is 12.2 Å². The van der Waals surface area contributed by atoms with Crippen LogP contribution in [-0.2, 0) is 9.47 Å². The first-order valence-electron chi connectivity index (χ1n) is 10.5. The number of likely N-dealkylation sites (tertiary alicyclic amines) is 2. The highest BCUT2D eigenvalue weighted by Crippen LogP contribution is 2.18. The lowest BCUT2D eigenvalue weighted by Gasteiger charge is -2.32. The lowest BCUT2D eigenvalue weighted by Crippen LogP contribution is -2.44. The molecule has 2 fully saturated rings. The molecule has 28 heavy (non-hydrogen) atoms. The van der Waals surface area contributed by atoms with Gasteiger partial charge in [0.1, 0.15) is 11.2 Å². The minimum absolute atomic E-state index is 0.163. The molecule has 7 heteroatoms. The van der Waals surface area contributed by atoms with Gasteiger partial charge >= 0.3 is 12.2 Å². The van der Waals surface area contributed by atoms with E-state index in [-0.39, 0.29) is 23.8 Å². The second-order valence-electron chi connectivity index (χ2n) is 9.95. The number of rotatable bonds is 0. The molecule has 0 radical (unpaired) electrons. The zero-order valence-electron chi connectivity index (χ0n) is 18.9. The Bertz CT molecular complexity index is 449. The number of nitrogens with two attached hydrogens (primary N) is 1. The fourth-order valence-corrected chi connectivity index (χ4v) is 2.93. The van der Waals surface area contributed by atoms with E-state index < -0.39 is 5.60 Å². The van der Waals surface area contributed by atoms with E-state index in [1.807, 2.05) is 46.4 Å². The number of hydrogen-bond acceptors (Lipinski definition) is 5. The molecule has 2 rings (SSSR count). The molecule has 0 spiro atoms. The van der Waals surface area contributed by atoms with E-state index in [1.54, 1.807) is 4.90 Å². The number of amides is 2. The van der Waals surface area contributed by atoms with Crippen molar-refractivity contribution in [2.75, 3.05) is 26.2 Å². The lowest BCUT2D eigenvalue weighted by atomic mass is 10.00. The van der Waals surface area contributed by atoms with Gasteiger partial charge in [0, 0.05) is 32.2 Å². The first-order chi connectivity index (χ1) is 12.8. The first-order valence-corrected chi connectivity index (χ1v) is 10.5. The summed E-state index contributed by atoms with van der Waals surface area (Å²) >= 11 is 0. The molecular formula is C21H41N3O4. The summed E-state index contributed by atoms with van der Waals surface area (Å²) in [5, 5.41) is 0. The maximum Gasteiger partial charge on any atom is 0.410 e. The maximum atomic E-state index is 11.6. The van der Waals surface area contributed by atoms with Gasteiger partial charge in [-0.05, 0) is 73.1 Å². The van der Waals surface area contributed by atoms with Crippen LogP contribution in [-0.4, -0.2) is 65.4 Å². The van der Waals surface area contributed by atoms with Crippen molar-refractivity contribution in [2.24, 2.45) is 11.7 Å². The molecule has 0 atom stereocenters. The van der Waals surface area contributed by atoms with Crippen LogP contribution >= 0.6 is 0 Å². The Kier molecular flexibility index (Phi) is 9.05. The van der Waals surface area contributed by atoms with Crippen LogP contribution in [0.5, 0.6) is 0 Å². The molecule has 0 aliphatic carbocycles. The number of ether oxygens (including phenoxy) is 2. The number of nitrogens with zero attached hydrogens (tertiary/aromatic N) is 2.